The highest BCUT2D eigenvalue weighted by atomic mass is 15.3. The summed E-state index contributed by atoms with van der Waals surface area (Å²) in [6.45, 7) is 6.24. The van der Waals surface area contributed by atoms with E-state index in [0.29, 0.717) is 23.3 Å². The van der Waals surface area contributed by atoms with Crippen LogP contribution in [0.4, 0.5) is 5.82 Å². The second-order valence-corrected chi connectivity index (χ2v) is 7.39. The quantitative estimate of drug-likeness (QED) is 0.568. The molecule has 1 N–H and O–H groups in total. The van der Waals surface area contributed by atoms with Crippen molar-refractivity contribution < 1.29 is 0 Å². The van der Waals surface area contributed by atoms with Crippen molar-refractivity contribution in [1.29, 1.82) is 5.26 Å². The van der Waals surface area contributed by atoms with E-state index in [9.17, 15) is 5.26 Å². The van der Waals surface area contributed by atoms with Crippen molar-refractivity contribution in [3.63, 3.8) is 0 Å². The van der Waals surface area contributed by atoms with E-state index < -0.39 is 0 Å². The summed E-state index contributed by atoms with van der Waals surface area (Å²) in [5.41, 5.74) is 3.92. The molecule has 0 amide bonds. The molecule has 3 aromatic heterocycles. The molecule has 134 valence electrons. The summed E-state index contributed by atoms with van der Waals surface area (Å²) in [6.07, 6.45) is 0. The van der Waals surface area contributed by atoms with Crippen LogP contribution in [0.5, 0.6) is 0 Å². The minimum absolute atomic E-state index is 0.418. The Morgan fingerprint density at radius 2 is 1.81 bits per heavy atom. The molecule has 0 saturated carbocycles. The number of nitriles is 1. The number of rotatable bonds is 1. The number of nitrogens with zero attached hydrogens (tertiary/aromatic N) is 5. The molecule has 2 atom stereocenters. The van der Waals surface area contributed by atoms with Gasteiger partial charge in [-0.3, -0.25) is 4.40 Å². The maximum Gasteiger partial charge on any atom is 0.157 e. The van der Waals surface area contributed by atoms with Crippen molar-refractivity contribution in [2.24, 2.45) is 0 Å². The Kier molecular flexibility index (Phi) is 3.52. The van der Waals surface area contributed by atoms with Crippen LogP contribution in [0.15, 0.2) is 42.5 Å². The third-order valence-corrected chi connectivity index (χ3v) is 5.21. The maximum atomic E-state index is 9.60. The smallest absolute Gasteiger partial charge is 0.157 e. The van der Waals surface area contributed by atoms with Crippen LogP contribution in [0, 0.1) is 11.3 Å². The van der Waals surface area contributed by atoms with E-state index in [0.717, 1.165) is 41.0 Å². The number of pyridine rings is 2. The van der Waals surface area contributed by atoms with Crippen LogP contribution in [0.3, 0.4) is 0 Å². The molecule has 1 saturated heterocycles. The van der Waals surface area contributed by atoms with E-state index in [4.69, 9.17) is 4.98 Å². The molecule has 0 bridgehead atoms. The van der Waals surface area contributed by atoms with Gasteiger partial charge in [0.2, 0.25) is 0 Å². The SMILES string of the molecule is CC1CN(c2ccc3cc(C#N)c4nc5ccccc5n4c3n2)CC(C)N1. The minimum atomic E-state index is 0.418. The maximum absolute atomic E-state index is 9.60. The Labute approximate surface area is 157 Å². The molecule has 4 aromatic rings. The standard InChI is InChI=1S/C21H20N6/c1-13-11-26(12-14(2)23-13)19-8-7-15-9-16(10-22)21-24-17-5-3-4-6-18(17)27(21)20(15)25-19/h3-9,13-14,23H,11-12H2,1-2H3. The number of imidazole rings is 1. The summed E-state index contributed by atoms with van der Waals surface area (Å²) in [5.74, 6) is 0.964. The first kappa shape index (κ1) is 16.0. The third-order valence-electron chi connectivity index (χ3n) is 5.21. The van der Waals surface area contributed by atoms with E-state index in [1.54, 1.807) is 0 Å². The zero-order chi connectivity index (χ0) is 18.5. The lowest BCUT2D eigenvalue weighted by Gasteiger charge is -2.37. The second-order valence-electron chi connectivity index (χ2n) is 7.39. The average molecular weight is 356 g/mol. The van der Waals surface area contributed by atoms with Crippen LogP contribution in [0.25, 0.3) is 27.7 Å². The summed E-state index contributed by atoms with van der Waals surface area (Å²) in [7, 11) is 0. The van der Waals surface area contributed by atoms with E-state index >= 15 is 0 Å². The highest BCUT2D eigenvalue weighted by Crippen LogP contribution is 2.27. The first-order valence-corrected chi connectivity index (χ1v) is 9.26. The van der Waals surface area contributed by atoms with Gasteiger partial charge in [-0.05, 0) is 44.2 Å². The van der Waals surface area contributed by atoms with Gasteiger partial charge in [0.15, 0.2) is 5.65 Å². The van der Waals surface area contributed by atoms with Gasteiger partial charge in [0.25, 0.3) is 0 Å². The van der Waals surface area contributed by atoms with Crippen molar-refractivity contribution >= 4 is 33.5 Å². The number of para-hydroxylation sites is 2. The van der Waals surface area contributed by atoms with Crippen molar-refractivity contribution in [2.45, 2.75) is 25.9 Å². The Hall–Kier alpha value is -3.17. The molecule has 5 rings (SSSR count). The Morgan fingerprint density at radius 1 is 1.04 bits per heavy atom. The lowest BCUT2D eigenvalue weighted by atomic mass is 10.1. The van der Waals surface area contributed by atoms with E-state index in [-0.39, 0.29) is 0 Å². The normalized spacial score (nSPS) is 20.4. The zero-order valence-corrected chi connectivity index (χ0v) is 15.3. The van der Waals surface area contributed by atoms with Gasteiger partial charge in [-0.2, -0.15) is 5.26 Å². The summed E-state index contributed by atoms with van der Waals surface area (Å²) < 4.78 is 2.02. The van der Waals surface area contributed by atoms with Crippen LogP contribution < -0.4 is 10.2 Å². The molecule has 27 heavy (non-hydrogen) atoms. The molecule has 1 aliphatic heterocycles. The lowest BCUT2D eigenvalue weighted by Crippen LogP contribution is -2.54. The largest absolute Gasteiger partial charge is 0.353 e. The highest BCUT2D eigenvalue weighted by Gasteiger charge is 2.22. The molecule has 4 heterocycles. The predicted molar refractivity (Wildman–Crippen MR) is 107 cm³/mol. The molecule has 0 spiro atoms. The van der Waals surface area contributed by atoms with E-state index in [2.05, 4.69) is 47.3 Å². The van der Waals surface area contributed by atoms with Gasteiger partial charge in [-0.25, -0.2) is 9.97 Å². The van der Waals surface area contributed by atoms with Gasteiger partial charge >= 0.3 is 0 Å². The summed E-state index contributed by atoms with van der Waals surface area (Å²) in [6, 6.07) is 17.1. The molecule has 6 nitrogen and oxygen atoms in total. The van der Waals surface area contributed by atoms with Crippen molar-refractivity contribution in [3.05, 3.63) is 48.0 Å². The van der Waals surface area contributed by atoms with Gasteiger partial charge in [0.05, 0.1) is 16.6 Å². The molecular weight excluding hydrogens is 336 g/mol. The molecular formula is C21H20N6. The number of hydrogen-bond acceptors (Lipinski definition) is 5. The third kappa shape index (κ3) is 2.51. The van der Waals surface area contributed by atoms with E-state index in [1.807, 2.05) is 34.7 Å². The number of anilines is 1. The number of piperazine rings is 1. The fraction of sp³-hybridized carbons (Fsp3) is 0.286. The number of benzene rings is 1. The van der Waals surface area contributed by atoms with Crippen molar-refractivity contribution in [2.75, 3.05) is 18.0 Å². The number of hydrogen-bond donors (Lipinski definition) is 1. The fourth-order valence-corrected chi connectivity index (χ4v) is 4.15. The van der Waals surface area contributed by atoms with Crippen LogP contribution in [-0.4, -0.2) is 39.5 Å². The predicted octanol–water partition coefficient (Wildman–Crippen LogP) is 3.09. The van der Waals surface area contributed by atoms with Crippen molar-refractivity contribution in [3.8, 4) is 6.07 Å². The highest BCUT2D eigenvalue weighted by molar-refractivity contribution is 5.91. The number of fused-ring (bicyclic) bond motifs is 5. The molecule has 6 heteroatoms. The number of nitrogens with one attached hydrogen (secondary N) is 1. The summed E-state index contributed by atoms with van der Waals surface area (Å²) in [4.78, 5) is 12.0. The Morgan fingerprint density at radius 3 is 2.59 bits per heavy atom. The Bertz CT molecular complexity index is 1210. The van der Waals surface area contributed by atoms with Crippen LogP contribution in [0.1, 0.15) is 19.4 Å². The lowest BCUT2D eigenvalue weighted by molar-refractivity contribution is 0.405. The number of aromatic nitrogens is 3. The Balaban J connectivity index is 1.79. The minimum Gasteiger partial charge on any atom is -0.353 e. The van der Waals surface area contributed by atoms with Gasteiger partial charge in [-0.15, -0.1) is 0 Å². The monoisotopic (exact) mass is 356 g/mol. The second kappa shape index (κ2) is 5.93. The fourth-order valence-electron chi connectivity index (χ4n) is 4.15. The van der Waals surface area contributed by atoms with Gasteiger partial charge in [0, 0.05) is 30.6 Å². The van der Waals surface area contributed by atoms with E-state index in [1.165, 1.54) is 0 Å². The van der Waals surface area contributed by atoms with Gasteiger partial charge in [0.1, 0.15) is 17.5 Å². The van der Waals surface area contributed by atoms with Crippen LogP contribution in [0.2, 0.25) is 0 Å². The molecule has 0 aliphatic carbocycles. The molecule has 1 fully saturated rings. The topological polar surface area (TPSA) is 69.2 Å². The van der Waals surface area contributed by atoms with Crippen LogP contribution in [-0.2, 0) is 0 Å². The van der Waals surface area contributed by atoms with Crippen molar-refractivity contribution in [1.82, 2.24) is 19.7 Å². The first-order valence-electron chi connectivity index (χ1n) is 9.26. The summed E-state index contributed by atoms with van der Waals surface area (Å²) in [5, 5.41) is 14.1. The first-order chi connectivity index (χ1) is 13.1. The molecule has 0 radical (unpaired) electrons. The molecule has 2 unspecified atom stereocenters. The molecule has 1 aromatic carbocycles. The zero-order valence-electron chi connectivity index (χ0n) is 15.3. The summed E-state index contributed by atoms with van der Waals surface area (Å²) >= 11 is 0. The molecule has 1 aliphatic rings. The van der Waals surface area contributed by atoms with Crippen LogP contribution >= 0.6 is 0 Å². The average Bonchev–Trinajstić information content (AvgIpc) is 3.06. The van der Waals surface area contributed by atoms with Gasteiger partial charge < -0.3 is 10.2 Å². The van der Waals surface area contributed by atoms with Gasteiger partial charge in [-0.1, -0.05) is 12.1 Å².